The third-order valence-corrected chi connectivity index (χ3v) is 4.87. The Morgan fingerprint density at radius 3 is 2.88 bits per heavy atom. The second-order valence-electron chi connectivity index (χ2n) is 5.96. The van der Waals surface area contributed by atoms with Crippen molar-refractivity contribution in [3.05, 3.63) is 18.6 Å². The minimum absolute atomic E-state index is 0.0304. The fraction of sp³-hybridized carbons (Fsp3) is 0.529. The van der Waals surface area contributed by atoms with E-state index in [0.29, 0.717) is 0 Å². The Balaban J connectivity index is 0.000000815. The number of fused-ring (bicyclic) bond motifs is 1. The molecule has 2 aromatic heterocycles. The van der Waals surface area contributed by atoms with Gasteiger partial charge in [-0.05, 0) is 18.9 Å². The molecule has 0 aliphatic carbocycles. The second kappa shape index (κ2) is 6.48. The molecule has 2 aliphatic heterocycles. The molecular formula is C17H22N6O. The fourth-order valence-corrected chi connectivity index (χ4v) is 3.66. The largest absolute Gasteiger partial charge is 0.354 e. The summed E-state index contributed by atoms with van der Waals surface area (Å²) in [6, 6.07) is 3.94. The van der Waals surface area contributed by atoms with Crippen LogP contribution in [0.25, 0.3) is 11.0 Å². The van der Waals surface area contributed by atoms with E-state index in [2.05, 4.69) is 19.9 Å². The molecule has 0 saturated carbocycles. The van der Waals surface area contributed by atoms with Crippen LogP contribution in [0.2, 0.25) is 0 Å². The number of aromatic amines is 1. The standard InChI is InChI=1S/C15H16N6O.C2H6/c16-5-1-12(22)21-8-4-15(21)3-7-20(9-15)14-11-2-6-17-13(11)18-10-19-14;1-2/h2,6,10H,1,3-4,7-9H2,(H,17,18,19);1-2H3/t15-;/m1./s1. The number of carbonyl (C=O) groups is 1. The van der Waals surface area contributed by atoms with Crippen molar-refractivity contribution in [3.8, 4) is 6.07 Å². The summed E-state index contributed by atoms with van der Waals surface area (Å²) in [4.78, 5) is 27.9. The number of rotatable bonds is 2. The molecule has 2 saturated heterocycles. The van der Waals surface area contributed by atoms with Gasteiger partial charge in [0.15, 0.2) is 0 Å². The first-order valence-corrected chi connectivity index (χ1v) is 8.44. The lowest BCUT2D eigenvalue weighted by Crippen LogP contribution is -2.63. The summed E-state index contributed by atoms with van der Waals surface area (Å²) in [5.74, 6) is 0.868. The Morgan fingerprint density at radius 2 is 2.17 bits per heavy atom. The average molecular weight is 326 g/mol. The molecule has 4 heterocycles. The van der Waals surface area contributed by atoms with Crippen LogP contribution >= 0.6 is 0 Å². The number of carbonyl (C=O) groups excluding carboxylic acids is 1. The van der Waals surface area contributed by atoms with E-state index >= 15 is 0 Å². The summed E-state index contributed by atoms with van der Waals surface area (Å²) in [6.07, 6.45) is 5.33. The van der Waals surface area contributed by atoms with Gasteiger partial charge in [-0.2, -0.15) is 5.26 Å². The lowest BCUT2D eigenvalue weighted by atomic mass is 9.83. The molecular weight excluding hydrogens is 304 g/mol. The zero-order valence-electron chi connectivity index (χ0n) is 14.1. The molecule has 2 fully saturated rings. The van der Waals surface area contributed by atoms with Gasteiger partial charge in [-0.15, -0.1) is 0 Å². The van der Waals surface area contributed by atoms with Gasteiger partial charge in [-0.3, -0.25) is 4.79 Å². The zero-order valence-corrected chi connectivity index (χ0v) is 14.1. The molecule has 1 atom stereocenters. The van der Waals surface area contributed by atoms with E-state index in [1.165, 1.54) is 0 Å². The quantitative estimate of drug-likeness (QED) is 0.912. The number of H-pyrrole nitrogens is 1. The molecule has 0 bridgehead atoms. The maximum Gasteiger partial charge on any atom is 0.237 e. The number of amides is 1. The molecule has 7 nitrogen and oxygen atoms in total. The summed E-state index contributed by atoms with van der Waals surface area (Å²) in [5.41, 5.74) is 0.721. The first-order chi connectivity index (χ1) is 11.7. The Morgan fingerprint density at radius 1 is 1.38 bits per heavy atom. The summed E-state index contributed by atoms with van der Waals surface area (Å²) >= 11 is 0. The smallest absolute Gasteiger partial charge is 0.237 e. The number of hydrogen-bond acceptors (Lipinski definition) is 5. The lowest BCUT2D eigenvalue weighted by molar-refractivity contribution is -0.144. The summed E-state index contributed by atoms with van der Waals surface area (Å²) in [5, 5.41) is 9.74. The Kier molecular flexibility index (Phi) is 4.38. The highest BCUT2D eigenvalue weighted by Crippen LogP contribution is 2.41. The number of nitriles is 1. The normalized spacial score (nSPS) is 22.0. The van der Waals surface area contributed by atoms with Gasteiger partial charge in [0.25, 0.3) is 0 Å². The van der Waals surface area contributed by atoms with Crippen LogP contribution in [0, 0.1) is 11.3 Å². The predicted molar refractivity (Wildman–Crippen MR) is 91.4 cm³/mol. The van der Waals surface area contributed by atoms with E-state index in [1.54, 1.807) is 6.33 Å². The van der Waals surface area contributed by atoms with Crippen LogP contribution in [0.1, 0.15) is 33.1 Å². The van der Waals surface area contributed by atoms with E-state index in [9.17, 15) is 4.79 Å². The Hall–Kier alpha value is -2.62. The van der Waals surface area contributed by atoms with Crippen LogP contribution in [-0.4, -0.2) is 50.9 Å². The van der Waals surface area contributed by atoms with Crippen molar-refractivity contribution in [3.63, 3.8) is 0 Å². The monoisotopic (exact) mass is 326 g/mol. The molecule has 126 valence electrons. The van der Waals surface area contributed by atoms with E-state index in [0.717, 1.165) is 49.3 Å². The van der Waals surface area contributed by atoms with Crippen molar-refractivity contribution < 1.29 is 4.79 Å². The number of hydrogen-bond donors (Lipinski definition) is 1. The third-order valence-electron chi connectivity index (χ3n) is 4.87. The molecule has 1 amide bonds. The van der Waals surface area contributed by atoms with Crippen molar-refractivity contribution in [2.45, 2.75) is 38.6 Å². The van der Waals surface area contributed by atoms with Crippen LogP contribution < -0.4 is 4.90 Å². The predicted octanol–water partition coefficient (Wildman–Crippen LogP) is 2.08. The van der Waals surface area contributed by atoms with Crippen LogP contribution in [-0.2, 0) is 4.79 Å². The van der Waals surface area contributed by atoms with Crippen LogP contribution in [0.15, 0.2) is 18.6 Å². The molecule has 2 aliphatic rings. The molecule has 24 heavy (non-hydrogen) atoms. The van der Waals surface area contributed by atoms with Crippen LogP contribution in [0.5, 0.6) is 0 Å². The zero-order chi connectivity index (χ0) is 17.2. The molecule has 4 rings (SSSR count). The first kappa shape index (κ1) is 16.2. The van der Waals surface area contributed by atoms with E-state index < -0.39 is 0 Å². The summed E-state index contributed by atoms with van der Waals surface area (Å²) in [6.45, 7) is 6.41. The van der Waals surface area contributed by atoms with Crippen molar-refractivity contribution in [2.75, 3.05) is 24.5 Å². The maximum absolute atomic E-state index is 12.1. The minimum Gasteiger partial charge on any atom is -0.354 e. The Labute approximate surface area is 141 Å². The van der Waals surface area contributed by atoms with Crippen LogP contribution in [0.4, 0.5) is 5.82 Å². The van der Waals surface area contributed by atoms with Gasteiger partial charge in [0, 0.05) is 25.8 Å². The molecule has 0 aromatic carbocycles. The van der Waals surface area contributed by atoms with Gasteiger partial charge in [0.05, 0.1) is 17.0 Å². The van der Waals surface area contributed by atoms with Crippen molar-refractivity contribution in [1.82, 2.24) is 19.9 Å². The second-order valence-corrected chi connectivity index (χ2v) is 5.96. The number of likely N-dealkylation sites (tertiary alicyclic amines) is 1. The molecule has 1 spiro atoms. The van der Waals surface area contributed by atoms with Gasteiger partial charge in [-0.25, -0.2) is 9.97 Å². The summed E-state index contributed by atoms with van der Waals surface area (Å²) < 4.78 is 0. The minimum atomic E-state index is -0.110. The van der Waals surface area contributed by atoms with Gasteiger partial charge in [0.2, 0.25) is 5.91 Å². The molecule has 1 N–H and O–H groups in total. The molecule has 7 heteroatoms. The highest BCUT2D eigenvalue weighted by molar-refractivity contribution is 5.87. The van der Waals surface area contributed by atoms with Crippen molar-refractivity contribution >= 4 is 22.8 Å². The first-order valence-electron chi connectivity index (χ1n) is 8.44. The highest BCUT2D eigenvalue weighted by atomic mass is 16.2. The van der Waals surface area contributed by atoms with Gasteiger partial charge in [-0.1, -0.05) is 13.8 Å². The van der Waals surface area contributed by atoms with Gasteiger partial charge < -0.3 is 14.8 Å². The van der Waals surface area contributed by atoms with E-state index in [-0.39, 0.29) is 17.9 Å². The molecule has 2 aromatic rings. The number of aromatic nitrogens is 3. The number of nitrogens with one attached hydrogen (secondary N) is 1. The topological polar surface area (TPSA) is 88.9 Å². The average Bonchev–Trinajstić information content (AvgIpc) is 3.24. The summed E-state index contributed by atoms with van der Waals surface area (Å²) in [7, 11) is 0. The fourth-order valence-electron chi connectivity index (χ4n) is 3.66. The maximum atomic E-state index is 12.1. The van der Waals surface area contributed by atoms with E-state index in [4.69, 9.17) is 5.26 Å². The van der Waals surface area contributed by atoms with Gasteiger partial charge >= 0.3 is 0 Å². The van der Waals surface area contributed by atoms with Crippen molar-refractivity contribution in [2.24, 2.45) is 0 Å². The third kappa shape index (κ3) is 2.48. The van der Waals surface area contributed by atoms with E-state index in [1.807, 2.05) is 37.1 Å². The number of anilines is 1. The SMILES string of the molecule is CC.N#CCC(=O)N1CC[C@@]12CCN(c1ncnc3[nH]ccc13)C2. The highest BCUT2D eigenvalue weighted by Gasteiger charge is 2.51. The number of nitrogens with zero attached hydrogens (tertiary/aromatic N) is 5. The van der Waals surface area contributed by atoms with Gasteiger partial charge in [0.1, 0.15) is 24.2 Å². The lowest BCUT2D eigenvalue weighted by Gasteiger charge is -2.50. The molecule has 0 radical (unpaired) electrons. The molecule has 0 unspecified atom stereocenters. The van der Waals surface area contributed by atoms with Crippen LogP contribution in [0.3, 0.4) is 0 Å². The Bertz CT molecular complexity index is 779. The van der Waals surface area contributed by atoms with Crippen molar-refractivity contribution in [1.29, 1.82) is 5.26 Å².